The lowest BCUT2D eigenvalue weighted by molar-refractivity contribution is 0.00578. The van der Waals surface area contributed by atoms with E-state index >= 15 is 0 Å². The van der Waals surface area contributed by atoms with Gasteiger partial charge in [-0.1, -0.05) is 6.07 Å². The Bertz CT molecular complexity index is 464. The van der Waals surface area contributed by atoms with Crippen molar-refractivity contribution in [2.45, 2.75) is 38.9 Å². The standard InChI is InChI=1S/C12H15BN2O2/c1-11(2)12(3,4)17-13(16-11)10-7-5-6-9(8-14)15-10/h5-7H,1-4H3/i8+1,14+1. The van der Waals surface area contributed by atoms with Gasteiger partial charge >= 0.3 is 7.12 Å². The highest BCUT2D eigenvalue weighted by Gasteiger charge is 2.52. The molecule has 88 valence electrons. The van der Waals surface area contributed by atoms with Gasteiger partial charge in [0.25, 0.3) is 0 Å². The Morgan fingerprint density at radius 1 is 1.18 bits per heavy atom. The van der Waals surface area contributed by atoms with Crippen molar-refractivity contribution in [2.24, 2.45) is 0 Å². The van der Waals surface area contributed by atoms with Gasteiger partial charge in [-0.25, -0.2) is 4.98 Å². The van der Waals surface area contributed by atoms with Crippen molar-refractivity contribution in [2.75, 3.05) is 0 Å². The summed E-state index contributed by atoms with van der Waals surface area (Å²) in [5, 5.41) is 8.82. The van der Waals surface area contributed by atoms with E-state index in [1.807, 2.05) is 39.8 Å². The van der Waals surface area contributed by atoms with E-state index in [-0.39, 0.29) is 11.2 Å². The molecule has 2 rings (SSSR count). The largest absolute Gasteiger partial charge is 0.514 e. The molecule has 0 bridgehead atoms. The second-order valence-electron chi connectivity index (χ2n) is 5.15. The lowest BCUT2D eigenvalue weighted by Crippen LogP contribution is -2.41. The minimum atomic E-state index is -0.506. The Morgan fingerprint density at radius 3 is 2.29 bits per heavy atom. The van der Waals surface area contributed by atoms with Crippen LogP contribution in [0.25, 0.3) is 0 Å². The summed E-state index contributed by atoms with van der Waals surface area (Å²) in [6.45, 7) is 7.95. The number of rotatable bonds is 1. The predicted octanol–water partition coefficient (Wildman–Crippen LogP) is 1.25. The molecule has 17 heavy (non-hydrogen) atoms. The third-order valence-corrected chi connectivity index (χ3v) is 3.38. The monoisotopic (exact) mass is 232 g/mol. The first-order chi connectivity index (χ1) is 7.86. The number of hydrogen-bond donors (Lipinski definition) is 0. The fourth-order valence-electron chi connectivity index (χ4n) is 1.61. The number of nitriles is 1. The van der Waals surface area contributed by atoms with Gasteiger partial charge in [0, 0.05) is 0 Å². The molecular weight excluding hydrogens is 217 g/mol. The van der Waals surface area contributed by atoms with E-state index < -0.39 is 7.12 Å². The Morgan fingerprint density at radius 2 is 1.76 bits per heavy atom. The average molecular weight is 232 g/mol. The van der Waals surface area contributed by atoms with E-state index in [1.165, 1.54) is 0 Å². The first-order valence-corrected chi connectivity index (χ1v) is 5.58. The molecular formula is C12H15BN2O2. The van der Waals surface area contributed by atoms with Crippen molar-refractivity contribution in [3.63, 3.8) is 0 Å². The van der Waals surface area contributed by atoms with Crippen LogP contribution in [0.1, 0.15) is 33.4 Å². The molecule has 1 aromatic rings. The molecule has 0 aliphatic carbocycles. The summed E-state index contributed by atoms with van der Waals surface area (Å²) < 4.78 is 11.7. The normalized spacial score (nSPS) is 21.2. The van der Waals surface area contributed by atoms with Crippen molar-refractivity contribution < 1.29 is 9.31 Å². The second-order valence-corrected chi connectivity index (χ2v) is 5.15. The van der Waals surface area contributed by atoms with Crippen LogP contribution in [0.5, 0.6) is 0 Å². The molecule has 1 aromatic heterocycles. The molecule has 5 heteroatoms. The first kappa shape index (κ1) is 12.1. The maximum absolute atomic E-state index is 8.82. The quantitative estimate of drug-likeness (QED) is 0.415. The van der Waals surface area contributed by atoms with Crippen molar-refractivity contribution >= 4 is 12.7 Å². The van der Waals surface area contributed by atoms with E-state index in [0.717, 1.165) is 0 Å². The Kier molecular flexibility index (Phi) is 2.72. The van der Waals surface area contributed by atoms with E-state index in [2.05, 4.69) is 4.98 Å². The summed E-state index contributed by atoms with van der Waals surface area (Å²) in [6, 6.07) is 7.26. The molecule has 0 spiro atoms. The summed E-state index contributed by atoms with van der Waals surface area (Å²) in [4.78, 5) is 4.19. The maximum atomic E-state index is 8.82. The van der Waals surface area contributed by atoms with Crippen LogP contribution >= 0.6 is 0 Å². The predicted molar refractivity (Wildman–Crippen MR) is 64.7 cm³/mol. The van der Waals surface area contributed by atoms with Gasteiger partial charge in [0.05, 0.1) is 16.8 Å². The highest BCUT2D eigenvalue weighted by molar-refractivity contribution is 6.61. The van der Waals surface area contributed by atoms with E-state index in [0.29, 0.717) is 11.3 Å². The molecule has 4 nitrogen and oxygen atoms in total. The molecule has 2 heterocycles. The van der Waals surface area contributed by atoms with Gasteiger partial charge in [-0.15, -0.1) is 0 Å². The van der Waals surface area contributed by atoms with E-state index in [4.69, 9.17) is 14.6 Å². The Hall–Kier alpha value is -1.38. The van der Waals surface area contributed by atoms with Gasteiger partial charge in [0.2, 0.25) is 0 Å². The molecule has 0 atom stereocenters. The fraction of sp³-hybridized carbons (Fsp3) is 0.500. The zero-order chi connectivity index (χ0) is 12.7. The molecule has 1 fully saturated rings. The van der Waals surface area contributed by atoms with Crippen LogP contribution < -0.4 is 5.59 Å². The topological polar surface area (TPSA) is 55.1 Å². The summed E-state index contributed by atoms with van der Waals surface area (Å²) in [7, 11) is -0.506. The zero-order valence-corrected chi connectivity index (χ0v) is 10.5. The summed E-state index contributed by atoms with van der Waals surface area (Å²) >= 11 is 0. The SMILES string of the molecule is CC1(C)OB(c2cccc([13C]#[15N])n2)OC1(C)C. The molecule has 0 radical (unpaired) electrons. The number of nitrogens with zero attached hydrogens (tertiary/aromatic N) is 2. The zero-order valence-electron chi connectivity index (χ0n) is 10.5. The van der Waals surface area contributed by atoms with E-state index in [1.54, 1.807) is 12.1 Å². The van der Waals surface area contributed by atoms with Crippen LogP contribution in [0.2, 0.25) is 0 Å². The van der Waals surface area contributed by atoms with Crippen molar-refractivity contribution in [1.82, 2.24) is 4.98 Å². The Balaban J connectivity index is 2.29. The molecule has 1 aliphatic heterocycles. The smallest absolute Gasteiger partial charge is 0.398 e. The number of aromatic nitrogens is 1. The molecule has 1 saturated heterocycles. The summed E-state index contributed by atoms with van der Waals surface area (Å²) in [6.07, 6.45) is 0. The minimum absolute atomic E-state index is 0.372. The lowest BCUT2D eigenvalue weighted by Gasteiger charge is -2.32. The summed E-state index contributed by atoms with van der Waals surface area (Å²) in [5.74, 6) is 0. The Labute approximate surface area is 102 Å². The van der Waals surface area contributed by atoms with Crippen LogP contribution in [0, 0.1) is 11.3 Å². The van der Waals surface area contributed by atoms with Crippen LogP contribution in [-0.2, 0) is 9.31 Å². The molecule has 0 N–H and O–H groups in total. The van der Waals surface area contributed by atoms with Gasteiger partial charge in [-0.2, -0.15) is 5.26 Å². The van der Waals surface area contributed by atoms with Crippen molar-refractivity contribution in [3.05, 3.63) is 23.9 Å². The van der Waals surface area contributed by atoms with Gasteiger partial charge in [0.1, 0.15) is 11.8 Å². The highest BCUT2D eigenvalue weighted by atomic mass is 16.7. The first-order valence-electron chi connectivity index (χ1n) is 5.58. The highest BCUT2D eigenvalue weighted by Crippen LogP contribution is 2.36. The van der Waals surface area contributed by atoms with Crippen LogP contribution in [0.4, 0.5) is 0 Å². The molecule has 0 amide bonds. The molecule has 0 unspecified atom stereocenters. The second kappa shape index (κ2) is 3.83. The minimum Gasteiger partial charge on any atom is -0.398 e. The average Bonchev–Trinajstić information content (AvgIpc) is 2.48. The van der Waals surface area contributed by atoms with Crippen LogP contribution in [0.3, 0.4) is 0 Å². The molecule has 0 aromatic carbocycles. The summed E-state index contributed by atoms with van der Waals surface area (Å²) in [5.41, 5.74) is 0.240. The fourth-order valence-corrected chi connectivity index (χ4v) is 1.61. The van der Waals surface area contributed by atoms with Gasteiger partial charge in [-0.3, -0.25) is 0 Å². The van der Waals surface area contributed by atoms with Crippen LogP contribution in [0.15, 0.2) is 18.2 Å². The van der Waals surface area contributed by atoms with Gasteiger partial charge in [-0.05, 0) is 39.8 Å². The molecule has 1 aliphatic rings. The third kappa shape index (κ3) is 2.06. The molecule has 0 saturated carbocycles. The van der Waals surface area contributed by atoms with Gasteiger partial charge in [0.15, 0.2) is 0 Å². The van der Waals surface area contributed by atoms with E-state index in [9.17, 15) is 0 Å². The van der Waals surface area contributed by atoms with Gasteiger partial charge < -0.3 is 9.31 Å². The van der Waals surface area contributed by atoms with Crippen LogP contribution in [-0.4, -0.2) is 23.3 Å². The van der Waals surface area contributed by atoms with Crippen molar-refractivity contribution in [1.29, 1.82) is 5.26 Å². The number of hydrogen-bond acceptors (Lipinski definition) is 4. The lowest BCUT2D eigenvalue weighted by atomic mass is 9.84. The maximum Gasteiger partial charge on any atom is 0.514 e. The third-order valence-electron chi connectivity index (χ3n) is 3.38. The number of pyridine rings is 1. The van der Waals surface area contributed by atoms with Crippen molar-refractivity contribution in [3.8, 4) is 6.07 Å².